The number of rotatable bonds is 2. The van der Waals surface area contributed by atoms with Gasteiger partial charge in [-0.25, -0.2) is 0 Å². The molecule has 0 atom stereocenters. The van der Waals surface area contributed by atoms with E-state index in [2.05, 4.69) is 10.2 Å². The molecule has 0 radical (unpaired) electrons. The van der Waals surface area contributed by atoms with Gasteiger partial charge in [0.05, 0.1) is 11.9 Å². The van der Waals surface area contributed by atoms with E-state index in [1.807, 2.05) is 42.5 Å². The first-order valence-electron chi connectivity index (χ1n) is 4.96. The Labute approximate surface area is 98.4 Å². The topological polar surface area (TPSA) is 76.3 Å². The first kappa shape index (κ1) is 10.7. The van der Waals surface area contributed by atoms with Gasteiger partial charge in [0, 0.05) is 11.1 Å². The van der Waals surface area contributed by atoms with Crippen molar-refractivity contribution in [2.45, 2.75) is 0 Å². The summed E-state index contributed by atoms with van der Waals surface area (Å²) in [6.07, 6.45) is 3.11. The number of hydrogen-bond donors (Lipinski definition) is 1. The fraction of sp³-hybridized carbons (Fsp3) is 0. The van der Waals surface area contributed by atoms with Crippen LogP contribution in [0.2, 0.25) is 0 Å². The average molecular weight is 220 g/mol. The van der Waals surface area contributed by atoms with Crippen LogP contribution in [0.1, 0.15) is 5.56 Å². The molecule has 0 aliphatic rings. The molecule has 0 fully saturated rings. The summed E-state index contributed by atoms with van der Waals surface area (Å²) < 4.78 is 0. The van der Waals surface area contributed by atoms with Crippen LogP contribution in [0.15, 0.2) is 42.1 Å². The number of H-pyrrole nitrogens is 1. The van der Waals surface area contributed by atoms with Gasteiger partial charge in [0.1, 0.15) is 17.7 Å². The molecule has 17 heavy (non-hydrogen) atoms. The van der Waals surface area contributed by atoms with Crippen LogP contribution in [0.25, 0.3) is 17.3 Å². The lowest BCUT2D eigenvalue weighted by Crippen LogP contribution is -1.81. The second kappa shape index (κ2) is 4.78. The number of hydrogen-bond acceptors (Lipinski definition) is 3. The number of nitrogens with zero attached hydrogens (tertiary/aromatic N) is 3. The Bertz CT molecular complexity index is 607. The summed E-state index contributed by atoms with van der Waals surface area (Å²) in [5.74, 6) is 0. The molecular weight excluding hydrogens is 212 g/mol. The van der Waals surface area contributed by atoms with Crippen LogP contribution in [0, 0.1) is 22.7 Å². The van der Waals surface area contributed by atoms with Crippen molar-refractivity contribution >= 4 is 6.08 Å². The van der Waals surface area contributed by atoms with Crippen LogP contribution in [0.4, 0.5) is 0 Å². The van der Waals surface area contributed by atoms with E-state index in [1.165, 1.54) is 6.08 Å². The Morgan fingerprint density at radius 2 is 1.88 bits per heavy atom. The van der Waals surface area contributed by atoms with Gasteiger partial charge in [0.25, 0.3) is 0 Å². The molecule has 1 N–H and O–H groups in total. The van der Waals surface area contributed by atoms with Crippen molar-refractivity contribution in [2.75, 3.05) is 0 Å². The van der Waals surface area contributed by atoms with Crippen molar-refractivity contribution in [3.8, 4) is 23.4 Å². The van der Waals surface area contributed by atoms with Crippen molar-refractivity contribution in [2.24, 2.45) is 0 Å². The standard InChI is InChI=1S/C13H8N4/c14-7-10(8-15)6-12-9-16-17-13(12)11-4-2-1-3-5-11/h1-6,9H,(H,16,17). The zero-order valence-electron chi connectivity index (χ0n) is 8.88. The largest absolute Gasteiger partial charge is 0.277 e. The first-order chi connectivity index (χ1) is 8.35. The lowest BCUT2D eigenvalue weighted by Gasteiger charge is -1.98. The van der Waals surface area contributed by atoms with Crippen LogP contribution in [0.5, 0.6) is 0 Å². The molecule has 4 heteroatoms. The van der Waals surface area contributed by atoms with E-state index in [1.54, 1.807) is 6.20 Å². The van der Waals surface area contributed by atoms with Gasteiger partial charge >= 0.3 is 0 Å². The number of nitrogens with one attached hydrogen (secondary N) is 1. The molecule has 1 aromatic carbocycles. The number of allylic oxidation sites excluding steroid dienone is 1. The van der Waals surface area contributed by atoms with E-state index in [0.29, 0.717) is 0 Å². The maximum atomic E-state index is 8.71. The third-order valence-electron chi connectivity index (χ3n) is 2.27. The normalized spacial score (nSPS) is 9.06. The van der Waals surface area contributed by atoms with Crippen molar-refractivity contribution in [1.29, 1.82) is 10.5 Å². The van der Waals surface area contributed by atoms with Gasteiger partial charge in [-0.15, -0.1) is 0 Å². The van der Waals surface area contributed by atoms with E-state index in [0.717, 1.165) is 16.8 Å². The summed E-state index contributed by atoms with van der Waals surface area (Å²) in [7, 11) is 0. The fourth-order valence-corrected chi connectivity index (χ4v) is 1.49. The molecule has 2 aromatic rings. The van der Waals surface area contributed by atoms with Crippen molar-refractivity contribution in [1.82, 2.24) is 10.2 Å². The maximum Gasteiger partial charge on any atom is 0.130 e. The van der Waals surface area contributed by atoms with Crippen LogP contribution >= 0.6 is 0 Å². The van der Waals surface area contributed by atoms with Gasteiger partial charge in [0.15, 0.2) is 0 Å². The zero-order chi connectivity index (χ0) is 12.1. The Balaban J connectivity index is 2.48. The zero-order valence-corrected chi connectivity index (χ0v) is 8.88. The second-order valence-corrected chi connectivity index (χ2v) is 3.35. The molecule has 4 nitrogen and oxygen atoms in total. The number of nitriles is 2. The second-order valence-electron chi connectivity index (χ2n) is 3.35. The molecule has 1 heterocycles. The maximum absolute atomic E-state index is 8.71. The highest BCUT2D eigenvalue weighted by Gasteiger charge is 2.06. The first-order valence-corrected chi connectivity index (χ1v) is 4.96. The molecule has 0 aliphatic carbocycles. The number of aromatic nitrogens is 2. The summed E-state index contributed by atoms with van der Waals surface area (Å²) >= 11 is 0. The highest BCUT2D eigenvalue weighted by atomic mass is 15.1. The van der Waals surface area contributed by atoms with Gasteiger partial charge in [-0.1, -0.05) is 30.3 Å². The summed E-state index contributed by atoms with van der Waals surface area (Å²) in [6.45, 7) is 0. The van der Waals surface area contributed by atoms with Crippen molar-refractivity contribution in [3.63, 3.8) is 0 Å². The molecule has 0 bridgehead atoms. The smallest absolute Gasteiger partial charge is 0.130 e. The molecule has 80 valence electrons. The number of aromatic amines is 1. The molecular formula is C13H8N4. The summed E-state index contributed by atoms with van der Waals surface area (Å²) in [5, 5.41) is 24.2. The minimum Gasteiger partial charge on any atom is -0.277 e. The average Bonchev–Trinajstić information content (AvgIpc) is 2.85. The van der Waals surface area contributed by atoms with Gasteiger partial charge < -0.3 is 0 Å². The third-order valence-corrected chi connectivity index (χ3v) is 2.27. The van der Waals surface area contributed by atoms with E-state index in [-0.39, 0.29) is 5.57 Å². The molecule has 0 spiro atoms. The molecule has 0 saturated heterocycles. The fourth-order valence-electron chi connectivity index (χ4n) is 1.49. The number of benzene rings is 1. The van der Waals surface area contributed by atoms with Crippen LogP contribution in [-0.4, -0.2) is 10.2 Å². The highest BCUT2D eigenvalue weighted by molar-refractivity contribution is 5.74. The molecule has 0 aliphatic heterocycles. The van der Waals surface area contributed by atoms with Crippen LogP contribution < -0.4 is 0 Å². The highest BCUT2D eigenvalue weighted by Crippen LogP contribution is 2.22. The minimum absolute atomic E-state index is 0.0589. The van der Waals surface area contributed by atoms with Gasteiger partial charge in [0.2, 0.25) is 0 Å². The predicted octanol–water partition coefficient (Wildman–Crippen LogP) is 2.51. The van der Waals surface area contributed by atoms with Crippen molar-refractivity contribution in [3.05, 3.63) is 47.7 Å². The van der Waals surface area contributed by atoms with E-state index in [4.69, 9.17) is 10.5 Å². The Morgan fingerprint density at radius 3 is 2.53 bits per heavy atom. The van der Waals surface area contributed by atoms with Gasteiger partial charge in [-0.2, -0.15) is 15.6 Å². The Kier molecular flexibility index (Phi) is 3.00. The van der Waals surface area contributed by atoms with Gasteiger partial charge in [-0.3, -0.25) is 5.10 Å². The molecule has 0 unspecified atom stereocenters. The summed E-state index contributed by atoms with van der Waals surface area (Å²) in [6, 6.07) is 13.3. The van der Waals surface area contributed by atoms with E-state index >= 15 is 0 Å². The molecule has 1 aromatic heterocycles. The molecule has 0 saturated carbocycles. The quantitative estimate of drug-likeness (QED) is 0.790. The lowest BCUT2D eigenvalue weighted by atomic mass is 10.1. The predicted molar refractivity (Wildman–Crippen MR) is 63.2 cm³/mol. The SMILES string of the molecule is N#CC(C#N)=Cc1cn[nH]c1-c1ccccc1. The Morgan fingerprint density at radius 1 is 1.18 bits per heavy atom. The van der Waals surface area contributed by atoms with E-state index < -0.39 is 0 Å². The third kappa shape index (κ3) is 2.22. The lowest BCUT2D eigenvalue weighted by molar-refractivity contribution is 1.10. The van der Waals surface area contributed by atoms with E-state index in [9.17, 15) is 0 Å². The molecule has 0 amide bonds. The monoisotopic (exact) mass is 220 g/mol. The van der Waals surface area contributed by atoms with Crippen molar-refractivity contribution < 1.29 is 0 Å². The Hall–Kier alpha value is -2.85. The minimum atomic E-state index is 0.0589. The van der Waals surface area contributed by atoms with Gasteiger partial charge in [-0.05, 0) is 6.08 Å². The van der Waals surface area contributed by atoms with Crippen LogP contribution in [-0.2, 0) is 0 Å². The molecule has 2 rings (SSSR count). The summed E-state index contributed by atoms with van der Waals surface area (Å²) in [4.78, 5) is 0. The van der Waals surface area contributed by atoms with Crippen LogP contribution in [0.3, 0.4) is 0 Å². The summed E-state index contributed by atoms with van der Waals surface area (Å²) in [5.41, 5.74) is 2.55.